The Hall–Kier alpha value is -4.17. The average Bonchev–Trinajstić information content (AvgIpc) is 3.43. The van der Waals surface area contributed by atoms with Gasteiger partial charge in [-0.15, -0.1) is 0 Å². The molecule has 0 unspecified atom stereocenters. The summed E-state index contributed by atoms with van der Waals surface area (Å²) in [4.78, 5) is 33.1. The van der Waals surface area contributed by atoms with Crippen molar-refractivity contribution in [2.24, 2.45) is 0 Å². The molecule has 182 valence electrons. The van der Waals surface area contributed by atoms with E-state index in [-0.39, 0.29) is 56.3 Å². The molecule has 0 aliphatic rings. The van der Waals surface area contributed by atoms with Gasteiger partial charge in [-0.05, 0) is 5.16 Å². The molecule has 0 fully saturated rings. The molecular formula is C19H21F3N8O4. The quantitative estimate of drug-likeness (QED) is 0.369. The molecule has 0 spiro atoms. The van der Waals surface area contributed by atoms with Gasteiger partial charge in [-0.1, -0.05) is 0 Å². The Morgan fingerprint density at radius 2 is 2.18 bits per heavy atom. The molecule has 0 saturated heterocycles. The van der Waals surface area contributed by atoms with E-state index in [1.54, 1.807) is 7.05 Å². The lowest BCUT2D eigenvalue weighted by Gasteiger charge is -2.16. The molecule has 0 atom stereocenters. The highest BCUT2D eigenvalue weighted by molar-refractivity contribution is 5.90. The zero-order valence-corrected chi connectivity index (χ0v) is 17.9. The summed E-state index contributed by atoms with van der Waals surface area (Å²) in [6.45, 7) is 0.284. The first-order valence-electron chi connectivity index (χ1n) is 9.96. The third kappa shape index (κ3) is 7.46. The molecule has 12 nitrogen and oxygen atoms in total. The van der Waals surface area contributed by atoms with Crippen molar-refractivity contribution in [3.8, 4) is 5.88 Å². The summed E-state index contributed by atoms with van der Waals surface area (Å²) in [5.74, 6) is -1.92. The van der Waals surface area contributed by atoms with Crippen LogP contribution in [0.3, 0.4) is 0 Å². The number of alkyl halides is 2. The predicted molar refractivity (Wildman–Crippen MR) is 111 cm³/mol. The highest BCUT2D eigenvalue weighted by atomic mass is 19.3. The molecule has 0 radical (unpaired) electrons. The Bertz CT molecular complexity index is 1110. The van der Waals surface area contributed by atoms with Crippen LogP contribution in [-0.2, 0) is 16.1 Å². The summed E-state index contributed by atoms with van der Waals surface area (Å²) in [6, 6.07) is 2.09. The highest BCUT2D eigenvalue weighted by Crippen LogP contribution is 2.22. The number of hydrogen-bond donors (Lipinski definition) is 2. The smallest absolute Gasteiger partial charge is 0.298 e. The van der Waals surface area contributed by atoms with Gasteiger partial charge in [0.25, 0.3) is 12.3 Å². The number of carbonyl (C=O) groups excluding carboxylic acids is 2. The first-order chi connectivity index (χ1) is 16.3. The van der Waals surface area contributed by atoms with Crippen LogP contribution in [0.2, 0.25) is 0 Å². The molecule has 3 rings (SSSR count). The standard InChI is InChI=1S/C19H21F3N8O4/c1-29(6-7-33-16-8-13(18(21)22)34-28-16)17(32)11-30-10-12(9-25-30)26-15(31)3-5-24-19-23-4-2-14(20)27-19/h2,4,8-10,18H,3,5-7,11H2,1H3,(H,26,31)(H,23,24,27). The summed E-state index contributed by atoms with van der Waals surface area (Å²) in [5, 5.41) is 12.8. The Balaban J connectivity index is 1.36. The second-order valence-corrected chi connectivity index (χ2v) is 6.89. The van der Waals surface area contributed by atoms with E-state index in [1.165, 1.54) is 28.2 Å². The van der Waals surface area contributed by atoms with Crippen LogP contribution < -0.4 is 15.4 Å². The number of nitrogens with one attached hydrogen (secondary N) is 2. The average molecular weight is 482 g/mol. The monoisotopic (exact) mass is 482 g/mol. The Labute approximate surface area is 191 Å². The Morgan fingerprint density at radius 3 is 2.91 bits per heavy atom. The van der Waals surface area contributed by atoms with Crippen LogP contribution in [0, 0.1) is 5.95 Å². The van der Waals surface area contributed by atoms with Crippen molar-refractivity contribution in [1.82, 2.24) is 29.8 Å². The van der Waals surface area contributed by atoms with Gasteiger partial charge >= 0.3 is 0 Å². The molecule has 3 aromatic rings. The molecule has 0 aliphatic carbocycles. The molecule has 34 heavy (non-hydrogen) atoms. The molecular weight excluding hydrogens is 461 g/mol. The molecule has 3 heterocycles. The SMILES string of the molecule is CN(CCOc1cc(C(F)F)on1)C(=O)Cn1cc(NC(=O)CCNc2nccc(F)n2)cn1. The van der Waals surface area contributed by atoms with E-state index in [4.69, 9.17) is 4.74 Å². The fraction of sp³-hybridized carbons (Fsp3) is 0.368. The zero-order valence-electron chi connectivity index (χ0n) is 17.9. The maximum absolute atomic E-state index is 13.0. The molecule has 2 amide bonds. The number of likely N-dealkylation sites (N-methyl/N-ethyl adjacent to an activating group) is 1. The maximum atomic E-state index is 13.0. The summed E-state index contributed by atoms with van der Waals surface area (Å²) < 4.78 is 48.9. The van der Waals surface area contributed by atoms with Crippen LogP contribution >= 0.6 is 0 Å². The summed E-state index contributed by atoms with van der Waals surface area (Å²) in [7, 11) is 1.54. The normalized spacial score (nSPS) is 10.9. The van der Waals surface area contributed by atoms with Gasteiger partial charge in [0.1, 0.15) is 13.2 Å². The number of anilines is 2. The van der Waals surface area contributed by atoms with E-state index in [0.29, 0.717) is 5.69 Å². The number of amides is 2. The third-order valence-electron chi connectivity index (χ3n) is 4.30. The number of rotatable bonds is 12. The van der Waals surface area contributed by atoms with Crippen LogP contribution in [0.15, 0.2) is 35.2 Å². The van der Waals surface area contributed by atoms with Crippen molar-refractivity contribution in [1.29, 1.82) is 0 Å². The molecule has 0 saturated carbocycles. The van der Waals surface area contributed by atoms with Crippen LogP contribution in [0.4, 0.5) is 24.8 Å². The van der Waals surface area contributed by atoms with Crippen molar-refractivity contribution < 1.29 is 32.0 Å². The number of halogens is 3. The number of hydrogen-bond acceptors (Lipinski definition) is 9. The fourth-order valence-corrected chi connectivity index (χ4v) is 2.56. The second kappa shape index (κ2) is 11.6. The van der Waals surface area contributed by atoms with E-state index < -0.39 is 18.1 Å². The number of carbonyl (C=O) groups is 2. The van der Waals surface area contributed by atoms with Crippen LogP contribution in [0.1, 0.15) is 18.6 Å². The van der Waals surface area contributed by atoms with Gasteiger partial charge in [-0.3, -0.25) is 14.3 Å². The van der Waals surface area contributed by atoms with Gasteiger partial charge in [0.15, 0.2) is 0 Å². The Kier molecular flexibility index (Phi) is 8.37. The van der Waals surface area contributed by atoms with Crippen LogP contribution in [0.5, 0.6) is 5.88 Å². The molecule has 0 aromatic carbocycles. The highest BCUT2D eigenvalue weighted by Gasteiger charge is 2.16. The zero-order chi connectivity index (χ0) is 24.5. The lowest BCUT2D eigenvalue weighted by atomic mass is 10.4. The molecule has 15 heteroatoms. The minimum Gasteiger partial charge on any atom is -0.474 e. The minimum atomic E-state index is -2.79. The first-order valence-corrected chi connectivity index (χ1v) is 9.96. The summed E-state index contributed by atoms with van der Waals surface area (Å²) in [5.41, 5.74) is 0.395. The summed E-state index contributed by atoms with van der Waals surface area (Å²) in [6.07, 6.45) is 1.42. The fourth-order valence-electron chi connectivity index (χ4n) is 2.56. The van der Waals surface area contributed by atoms with Crippen molar-refractivity contribution in [2.75, 3.05) is 37.4 Å². The van der Waals surface area contributed by atoms with Gasteiger partial charge in [0.05, 0.1) is 24.5 Å². The van der Waals surface area contributed by atoms with E-state index in [1.807, 2.05) is 0 Å². The third-order valence-corrected chi connectivity index (χ3v) is 4.30. The van der Waals surface area contributed by atoms with Crippen LogP contribution in [-0.4, -0.2) is 68.4 Å². The van der Waals surface area contributed by atoms with Crippen molar-refractivity contribution in [3.63, 3.8) is 0 Å². The van der Waals surface area contributed by atoms with Crippen molar-refractivity contribution in [2.45, 2.75) is 19.4 Å². The van der Waals surface area contributed by atoms with E-state index >= 15 is 0 Å². The van der Waals surface area contributed by atoms with Gasteiger partial charge in [-0.2, -0.15) is 14.5 Å². The largest absolute Gasteiger partial charge is 0.474 e. The number of ether oxygens (including phenoxy) is 1. The maximum Gasteiger partial charge on any atom is 0.298 e. The number of nitrogens with zero attached hydrogens (tertiary/aromatic N) is 6. The molecule has 0 aliphatic heterocycles. The Morgan fingerprint density at radius 1 is 1.35 bits per heavy atom. The first kappa shape index (κ1) is 24.5. The van der Waals surface area contributed by atoms with Gasteiger partial charge < -0.3 is 24.8 Å². The topological polar surface area (TPSA) is 140 Å². The van der Waals surface area contributed by atoms with E-state index in [9.17, 15) is 22.8 Å². The van der Waals surface area contributed by atoms with Gasteiger partial charge in [0.2, 0.25) is 29.5 Å². The molecule has 3 aromatic heterocycles. The van der Waals surface area contributed by atoms with Crippen LogP contribution in [0.25, 0.3) is 0 Å². The lowest BCUT2D eigenvalue weighted by molar-refractivity contribution is -0.131. The predicted octanol–water partition coefficient (Wildman–Crippen LogP) is 1.72. The van der Waals surface area contributed by atoms with Crippen molar-refractivity contribution in [3.05, 3.63) is 42.4 Å². The van der Waals surface area contributed by atoms with Gasteiger partial charge in [0, 0.05) is 38.5 Å². The van der Waals surface area contributed by atoms with E-state index in [0.717, 1.165) is 12.1 Å². The van der Waals surface area contributed by atoms with Crippen molar-refractivity contribution >= 4 is 23.5 Å². The van der Waals surface area contributed by atoms with E-state index in [2.05, 4.69) is 35.4 Å². The molecule has 2 N–H and O–H groups in total. The number of aromatic nitrogens is 5. The second-order valence-electron chi connectivity index (χ2n) is 6.89. The molecule has 0 bridgehead atoms. The lowest BCUT2D eigenvalue weighted by Crippen LogP contribution is -2.33. The minimum absolute atomic E-state index is 0.0204. The van der Waals surface area contributed by atoms with Gasteiger partial charge in [-0.25, -0.2) is 13.8 Å². The summed E-state index contributed by atoms with van der Waals surface area (Å²) >= 11 is 0.